The van der Waals surface area contributed by atoms with Crippen LogP contribution >= 0.6 is 0 Å². The highest BCUT2D eigenvalue weighted by atomic mass is 16.6. The van der Waals surface area contributed by atoms with Gasteiger partial charge in [-0.2, -0.15) is 0 Å². The number of hydrogen-bond acceptors (Lipinski definition) is 6. The zero-order valence-electron chi connectivity index (χ0n) is 15.5. The van der Waals surface area contributed by atoms with E-state index in [4.69, 9.17) is 9.47 Å². The van der Waals surface area contributed by atoms with Crippen molar-refractivity contribution >= 4 is 17.9 Å². The lowest BCUT2D eigenvalue weighted by atomic mass is 10.0. The lowest BCUT2D eigenvalue weighted by molar-refractivity contribution is -0.174. The van der Waals surface area contributed by atoms with Crippen LogP contribution < -0.4 is 0 Å². The summed E-state index contributed by atoms with van der Waals surface area (Å²) in [4.78, 5) is 35.5. The molecular weight excluding hydrogens is 312 g/mol. The molecule has 0 amide bonds. The lowest BCUT2D eigenvalue weighted by Gasteiger charge is -2.25. The fourth-order valence-corrected chi connectivity index (χ4v) is 1.53. The second kappa shape index (κ2) is 9.25. The van der Waals surface area contributed by atoms with Gasteiger partial charge in [0.15, 0.2) is 5.92 Å². The van der Waals surface area contributed by atoms with Gasteiger partial charge >= 0.3 is 17.9 Å². The molecule has 0 aromatic rings. The normalized spacial score (nSPS) is 12.7. The van der Waals surface area contributed by atoms with Gasteiger partial charge in [0.1, 0.15) is 11.2 Å². The van der Waals surface area contributed by atoms with Crippen LogP contribution in [0.5, 0.6) is 0 Å². The molecule has 0 radical (unpaired) electrons. The van der Waals surface area contributed by atoms with Crippen LogP contribution in [-0.2, 0) is 28.6 Å². The fraction of sp³-hybridized carbons (Fsp3) is 0.611. The predicted octanol–water partition coefficient (Wildman–Crippen LogP) is 2.96. The third-order valence-electron chi connectivity index (χ3n) is 2.44. The summed E-state index contributed by atoms with van der Waals surface area (Å²) in [6.45, 7) is 10.4. The molecule has 0 spiro atoms. The molecule has 0 atom stereocenters. The van der Waals surface area contributed by atoms with E-state index in [-0.39, 0.29) is 6.42 Å². The van der Waals surface area contributed by atoms with E-state index in [0.29, 0.717) is 0 Å². The Morgan fingerprint density at radius 1 is 0.875 bits per heavy atom. The first-order chi connectivity index (χ1) is 10.9. The molecule has 0 aliphatic carbocycles. The molecule has 0 rings (SSSR count). The van der Waals surface area contributed by atoms with Crippen molar-refractivity contribution in [1.29, 1.82) is 0 Å². The Morgan fingerprint density at radius 3 is 1.71 bits per heavy atom. The third kappa shape index (κ3) is 10.6. The van der Waals surface area contributed by atoms with Crippen LogP contribution in [-0.4, -0.2) is 36.2 Å². The number of esters is 3. The van der Waals surface area contributed by atoms with E-state index in [9.17, 15) is 14.4 Å². The third-order valence-corrected chi connectivity index (χ3v) is 2.44. The molecule has 6 nitrogen and oxygen atoms in total. The van der Waals surface area contributed by atoms with Crippen LogP contribution in [0.3, 0.4) is 0 Å². The molecule has 0 aliphatic rings. The standard InChI is InChI=1S/C18H28O6/c1-17(2,3)23-15(20)13(16(21)24-18(4,5)6)11-9-8-10-12-14(19)22-7/h8-10,12-13H,11H2,1-7H3. The van der Waals surface area contributed by atoms with Crippen LogP contribution in [0.15, 0.2) is 24.3 Å². The first-order valence-corrected chi connectivity index (χ1v) is 7.72. The van der Waals surface area contributed by atoms with Gasteiger partial charge in [0.25, 0.3) is 0 Å². The smallest absolute Gasteiger partial charge is 0.330 e. The van der Waals surface area contributed by atoms with Crippen molar-refractivity contribution in [2.45, 2.75) is 59.2 Å². The summed E-state index contributed by atoms with van der Waals surface area (Å²) >= 11 is 0. The molecule has 0 aromatic heterocycles. The lowest BCUT2D eigenvalue weighted by Crippen LogP contribution is -2.36. The summed E-state index contributed by atoms with van der Waals surface area (Å²) < 4.78 is 15.0. The van der Waals surface area contributed by atoms with Gasteiger partial charge in [-0.3, -0.25) is 9.59 Å². The van der Waals surface area contributed by atoms with E-state index >= 15 is 0 Å². The van der Waals surface area contributed by atoms with Crippen molar-refractivity contribution in [3.63, 3.8) is 0 Å². The molecule has 0 unspecified atom stereocenters. The number of carbonyl (C=O) groups is 3. The fourth-order valence-electron chi connectivity index (χ4n) is 1.53. The van der Waals surface area contributed by atoms with Crippen molar-refractivity contribution < 1.29 is 28.6 Å². The van der Waals surface area contributed by atoms with Crippen LogP contribution in [0.2, 0.25) is 0 Å². The Balaban J connectivity index is 5.02. The van der Waals surface area contributed by atoms with Gasteiger partial charge in [-0.25, -0.2) is 4.79 Å². The van der Waals surface area contributed by atoms with E-state index in [2.05, 4.69) is 4.74 Å². The van der Waals surface area contributed by atoms with Gasteiger partial charge in [0.2, 0.25) is 0 Å². The summed E-state index contributed by atoms with van der Waals surface area (Å²) in [5.74, 6) is -2.83. The Kier molecular flexibility index (Phi) is 8.44. The summed E-state index contributed by atoms with van der Waals surface area (Å²) in [5, 5.41) is 0. The Bertz CT molecular complexity index is 475. The maximum Gasteiger partial charge on any atom is 0.330 e. The minimum Gasteiger partial charge on any atom is -0.466 e. The van der Waals surface area contributed by atoms with Gasteiger partial charge in [-0.15, -0.1) is 0 Å². The van der Waals surface area contributed by atoms with Crippen LogP contribution in [0.25, 0.3) is 0 Å². The Labute approximate surface area is 143 Å². The van der Waals surface area contributed by atoms with Crippen molar-refractivity contribution in [2.75, 3.05) is 7.11 Å². The maximum absolute atomic E-state index is 12.3. The van der Waals surface area contributed by atoms with Crippen molar-refractivity contribution in [1.82, 2.24) is 0 Å². The minimum atomic E-state index is -1.06. The topological polar surface area (TPSA) is 78.9 Å². The van der Waals surface area contributed by atoms with Gasteiger partial charge in [0, 0.05) is 6.08 Å². The summed E-state index contributed by atoms with van der Waals surface area (Å²) in [6.07, 6.45) is 5.95. The van der Waals surface area contributed by atoms with E-state index in [1.54, 1.807) is 53.7 Å². The molecule has 0 saturated carbocycles. The quantitative estimate of drug-likeness (QED) is 0.243. The molecule has 6 heteroatoms. The van der Waals surface area contributed by atoms with Crippen LogP contribution in [0, 0.1) is 5.92 Å². The molecule has 0 bridgehead atoms. The molecule has 0 N–H and O–H groups in total. The van der Waals surface area contributed by atoms with E-state index in [1.807, 2.05) is 0 Å². The Morgan fingerprint density at radius 2 is 1.33 bits per heavy atom. The number of rotatable bonds is 6. The SMILES string of the molecule is COC(=O)C=CC=CCC(C(=O)OC(C)(C)C)C(=O)OC(C)(C)C. The van der Waals surface area contributed by atoms with E-state index in [1.165, 1.54) is 19.3 Å². The number of methoxy groups -OCH3 is 1. The van der Waals surface area contributed by atoms with Gasteiger partial charge in [-0.1, -0.05) is 18.2 Å². The van der Waals surface area contributed by atoms with Crippen molar-refractivity contribution in [3.8, 4) is 0 Å². The number of ether oxygens (including phenoxy) is 3. The largest absolute Gasteiger partial charge is 0.466 e. The molecular formula is C18H28O6. The first-order valence-electron chi connectivity index (χ1n) is 7.72. The molecule has 136 valence electrons. The average Bonchev–Trinajstić information content (AvgIpc) is 2.37. The average molecular weight is 340 g/mol. The molecule has 0 aromatic carbocycles. The van der Waals surface area contributed by atoms with Gasteiger partial charge in [-0.05, 0) is 48.0 Å². The molecule has 0 heterocycles. The Hall–Kier alpha value is -2.11. The highest BCUT2D eigenvalue weighted by Gasteiger charge is 2.33. The summed E-state index contributed by atoms with van der Waals surface area (Å²) in [7, 11) is 1.28. The van der Waals surface area contributed by atoms with Crippen molar-refractivity contribution in [2.24, 2.45) is 5.92 Å². The highest BCUT2D eigenvalue weighted by Crippen LogP contribution is 2.19. The molecule has 0 aliphatic heterocycles. The van der Waals surface area contributed by atoms with Gasteiger partial charge in [0.05, 0.1) is 7.11 Å². The van der Waals surface area contributed by atoms with Crippen LogP contribution in [0.1, 0.15) is 48.0 Å². The number of hydrogen-bond donors (Lipinski definition) is 0. The predicted molar refractivity (Wildman–Crippen MR) is 90.1 cm³/mol. The van der Waals surface area contributed by atoms with E-state index < -0.39 is 35.0 Å². The van der Waals surface area contributed by atoms with Crippen LogP contribution in [0.4, 0.5) is 0 Å². The maximum atomic E-state index is 12.3. The number of allylic oxidation sites excluding steroid dienone is 3. The zero-order valence-corrected chi connectivity index (χ0v) is 15.5. The molecule has 0 fully saturated rings. The molecule has 0 saturated heterocycles. The van der Waals surface area contributed by atoms with E-state index in [0.717, 1.165) is 0 Å². The second-order valence-electron chi connectivity index (χ2n) is 7.17. The second-order valence-corrected chi connectivity index (χ2v) is 7.17. The van der Waals surface area contributed by atoms with Gasteiger partial charge < -0.3 is 14.2 Å². The highest BCUT2D eigenvalue weighted by molar-refractivity contribution is 5.95. The number of carbonyl (C=O) groups excluding carboxylic acids is 3. The molecule has 24 heavy (non-hydrogen) atoms. The monoisotopic (exact) mass is 340 g/mol. The summed E-state index contributed by atoms with van der Waals surface area (Å²) in [6, 6.07) is 0. The first kappa shape index (κ1) is 21.9. The van der Waals surface area contributed by atoms with Crippen molar-refractivity contribution in [3.05, 3.63) is 24.3 Å². The minimum absolute atomic E-state index is 0.106. The summed E-state index contributed by atoms with van der Waals surface area (Å²) in [5.41, 5.74) is -1.41. The zero-order chi connectivity index (χ0) is 19.0.